The largest absolute Gasteiger partial charge is 0.456 e. The smallest absolute Gasteiger partial charge is 0.356 e. The van der Waals surface area contributed by atoms with Crippen LogP contribution in [0.3, 0.4) is 0 Å². The molecule has 1 N–H and O–H groups in total. The van der Waals surface area contributed by atoms with Crippen molar-refractivity contribution in [3.8, 4) is 0 Å². The Hall–Kier alpha value is -3.08. The lowest BCUT2D eigenvalue weighted by Gasteiger charge is -2.13. The van der Waals surface area contributed by atoms with E-state index < -0.39 is 5.97 Å². The fraction of sp³-hybridized carbons (Fsp3) is 0.200. The van der Waals surface area contributed by atoms with Crippen LogP contribution in [-0.4, -0.2) is 30.9 Å². The van der Waals surface area contributed by atoms with Gasteiger partial charge in [-0.25, -0.2) is 4.79 Å². The van der Waals surface area contributed by atoms with Gasteiger partial charge >= 0.3 is 5.97 Å². The molecule has 0 atom stereocenters. The van der Waals surface area contributed by atoms with E-state index >= 15 is 0 Å². The fourth-order valence-electron chi connectivity index (χ4n) is 2.09. The first-order valence-corrected chi connectivity index (χ1v) is 7.93. The zero-order chi connectivity index (χ0) is 18.2. The number of nitrogens with zero attached hydrogens (tertiary/aromatic N) is 1. The Bertz CT molecular complexity index is 750. The predicted octanol–water partition coefficient (Wildman–Crippen LogP) is 2.87. The van der Waals surface area contributed by atoms with Gasteiger partial charge in [-0.1, -0.05) is 48.0 Å². The Morgan fingerprint density at radius 1 is 1.04 bits per heavy atom. The predicted molar refractivity (Wildman–Crippen MR) is 96.7 cm³/mol. The molecule has 0 saturated heterocycles. The quantitative estimate of drug-likeness (QED) is 0.650. The molecule has 130 valence electrons. The van der Waals surface area contributed by atoms with Gasteiger partial charge < -0.3 is 15.0 Å². The average molecular weight is 338 g/mol. The number of esters is 1. The molecule has 0 saturated carbocycles. The highest BCUT2D eigenvalue weighted by Crippen LogP contribution is 2.07. The van der Waals surface area contributed by atoms with Gasteiger partial charge in [-0.3, -0.25) is 4.79 Å². The Balaban J connectivity index is 2.04. The van der Waals surface area contributed by atoms with Crippen LogP contribution in [0.1, 0.15) is 21.5 Å². The minimum atomic E-state index is -0.585. The van der Waals surface area contributed by atoms with Crippen molar-refractivity contribution in [3.05, 3.63) is 83.2 Å². The van der Waals surface area contributed by atoms with Gasteiger partial charge in [-0.2, -0.15) is 0 Å². The highest BCUT2D eigenvalue weighted by Gasteiger charge is 2.16. The van der Waals surface area contributed by atoms with Crippen molar-refractivity contribution in [2.24, 2.45) is 0 Å². The van der Waals surface area contributed by atoms with Crippen molar-refractivity contribution in [3.63, 3.8) is 0 Å². The van der Waals surface area contributed by atoms with Crippen LogP contribution < -0.4 is 5.32 Å². The van der Waals surface area contributed by atoms with Gasteiger partial charge in [0.1, 0.15) is 12.3 Å². The van der Waals surface area contributed by atoms with Crippen LogP contribution in [0.4, 0.5) is 0 Å². The summed E-state index contributed by atoms with van der Waals surface area (Å²) in [6.45, 7) is 2.14. The molecule has 0 unspecified atom stereocenters. The number of nitrogens with one attached hydrogen (secondary N) is 1. The zero-order valence-corrected chi connectivity index (χ0v) is 14.7. The summed E-state index contributed by atoms with van der Waals surface area (Å²) in [4.78, 5) is 26.3. The number of hydrogen-bond acceptors (Lipinski definition) is 4. The van der Waals surface area contributed by atoms with Crippen molar-refractivity contribution in [1.29, 1.82) is 0 Å². The zero-order valence-electron chi connectivity index (χ0n) is 14.7. The molecule has 0 bridgehead atoms. The molecule has 0 spiro atoms. The summed E-state index contributed by atoms with van der Waals surface area (Å²) in [6.07, 6.45) is 1.53. The monoisotopic (exact) mass is 338 g/mol. The molecule has 0 aliphatic rings. The highest BCUT2D eigenvalue weighted by molar-refractivity contribution is 6.01. The number of rotatable bonds is 6. The molecule has 25 heavy (non-hydrogen) atoms. The molecule has 0 aliphatic carbocycles. The second kappa shape index (κ2) is 8.68. The van der Waals surface area contributed by atoms with Crippen LogP contribution in [0.5, 0.6) is 0 Å². The third-order valence-electron chi connectivity index (χ3n) is 3.38. The lowest BCUT2D eigenvalue weighted by molar-refractivity contribution is -0.140. The molecule has 0 heterocycles. The summed E-state index contributed by atoms with van der Waals surface area (Å²) in [5.41, 5.74) is 2.58. The lowest BCUT2D eigenvalue weighted by atomic mass is 10.2. The van der Waals surface area contributed by atoms with Gasteiger partial charge in [0.15, 0.2) is 0 Å². The molecule has 1 amide bonds. The number of carbonyl (C=O) groups is 2. The summed E-state index contributed by atoms with van der Waals surface area (Å²) >= 11 is 0. The number of carbonyl (C=O) groups excluding carboxylic acids is 2. The van der Waals surface area contributed by atoms with Crippen LogP contribution in [0.2, 0.25) is 0 Å². The van der Waals surface area contributed by atoms with E-state index in [1.54, 1.807) is 43.3 Å². The highest BCUT2D eigenvalue weighted by atomic mass is 16.5. The molecule has 0 aromatic heterocycles. The van der Waals surface area contributed by atoms with E-state index in [1.807, 2.05) is 37.3 Å². The Morgan fingerprint density at radius 2 is 1.68 bits per heavy atom. The van der Waals surface area contributed by atoms with E-state index in [2.05, 4.69) is 5.32 Å². The van der Waals surface area contributed by atoms with Gasteiger partial charge in [0.2, 0.25) is 0 Å². The molecule has 2 aromatic rings. The van der Waals surface area contributed by atoms with Crippen molar-refractivity contribution in [1.82, 2.24) is 10.2 Å². The van der Waals surface area contributed by atoms with Gasteiger partial charge in [0.25, 0.3) is 5.91 Å². The van der Waals surface area contributed by atoms with Crippen LogP contribution >= 0.6 is 0 Å². The molecular weight excluding hydrogens is 316 g/mol. The fourth-order valence-corrected chi connectivity index (χ4v) is 2.09. The maximum Gasteiger partial charge on any atom is 0.356 e. The van der Waals surface area contributed by atoms with E-state index in [0.29, 0.717) is 5.56 Å². The number of hydrogen-bond donors (Lipinski definition) is 1. The van der Waals surface area contributed by atoms with E-state index in [4.69, 9.17) is 4.74 Å². The Kier molecular flexibility index (Phi) is 6.34. The van der Waals surface area contributed by atoms with E-state index in [-0.39, 0.29) is 18.2 Å². The van der Waals surface area contributed by atoms with E-state index in [9.17, 15) is 9.59 Å². The number of benzene rings is 2. The van der Waals surface area contributed by atoms with Crippen molar-refractivity contribution < 1.29 is 14.3 Å². The molecule has 0 aliphatic heterocycles. The van der Waals surface area contributed by atoms with Gasteiger partial charge in [0.05, 0.1) is 0 Å². The standard InChI is InChI=1S/C20H22N2O3/c1-15-9-11-16(12-10-15)14-25-20(24)18(13-22(2)3)21-19(23)17-7-5-4-6-8-17/h4-13H,14H2,1-3H3,(H,21,23)/b18-13+. The molecular formula is C20H22N2O3. The summed E-state index contributed by atoms with van der Waals surface area (Å²) in [6, 6.07) is 16.4. The first-order chi connectivity index (χ1) is 12.0. The molecule has 2 rings (SSSR count). The molecule has 0 fully saturated rings. The number of ether oxygens (including phenoxy) is 1. The minimum Gasteiger partial charge on any atom is -0.456 e. The third kappa shape index (κ3) is 5.80. The van der Waals surface area contributed by atoms with Crippen LogP contribution in [0.15, 0.2) is 66.5 Å². The van der Waals surface area contributed by atoms with Crippen LogP contribution in [-0.2, 0) is 16.1 Å². The maximum absolute atomic E-state index is 12.4. The summed E-state index contributed by atoms with van der Waals surface area (Å²) < 4.78 is 5.32. The molecule has 5 heteroatoms. The Labute approximate surface area is 147 Å². The second-order valence-corrected chi connectivity index (χ2v) is 5.89. The van der Waals surface area contributed by atoms with Crippen molar-refractivity contribution >= 4 is 11.9 Å². The average Bonchev–Trinajstić information content (AvgIpc) is 2.60. The van der Waals surface area contributed by atoms with Crippen molar-refractivity contribution in [2.45, 2.75) is 13.5 Å². The normalized spacial score (nSPS) is 10.9. The minimum absolute atomic E-state index is 0.0889. The topological polar surface area (TPSA) is 58.6 Å². The third-order valence-corrected chi connectivity index (χ3v) is 3.38. The van der Waals surface area contributed by atoms with Gasteiger partial charge in [-0.15, -0.1) is 0 Å². The summed E-state index contributed by atoms with van der Waals surface area (Å²) in [7, 11) is 3.53. The SMILES string of the molecule is Cc1ccc(COC(=O)/C(=C\N(C)C)NC(=O)c2ccccc2)cc1. The maximum atomic E-state index is 12.4. The first-order valence-electron chi connectivity index (χ1n) is 7.93. The molecule has 2 aromatic carbocycles. The van der Waals surface area contributed by atoms with E-state index in [0.717, 1.165) is 11.1 Å². The second-order valence-electron chi connectivity index (χ2n) is 5.89. The van der Waals surface area contributed by atoms with Crippen LogP contribution in [0, 0.1) is 6.92 Å². The Morgan fingerprint density at radius 3 is 2.28 bits per heavy atom. The van der Waals surface area contributed by atoms with Crippen LogP contribution in [0.25, 0.3) is 0 Å². The number of aryl methyl sites for hydroxylation is 1. The van der Waals surface area contributed by atoms with Crippen molar-refractivity contribution in [2.75, 3.05) is 14.1 Å². The summed E-state index contributed by atoms with van der Waals surface area (Å²) in [5, 5.41) is 2.62. The van der Waals surface area contributed by atoms with Gasteiger partial charge in [-0.05, 0) is 24.6 Å². The first kappa shape index (κ1) is 18.3. The number of amides is 1. The lowest BCUT2D eigenvalue weighted by Crippen LogP contribution is -2.30. The van der Waals surface area contributed by atoms with E-state index in [1.165, 1.54) is 6.20 Å². The summed E-state index contributed by atoms with van der Waals surface area (Å²) in [5.74, 6) is -0.945. The molecule has 5 nitrogen and oxygen atoms in total. The van der Waals surface area contributed by atoms with Gasteiger partial charge in [0, 0.05) is 25.9 Å². The molecule has 0 radical (unpaired) electrons.